The predicted octanol–water partition coefficient (Wildman–Crippen LogP) is 2.71. The second-order valence-electron chi connectivity index (χ2n) is 6.61. The number of hydrogen-bond donors (Lipinski definition) is 1. The van der Waals surface area contributed by atoms with E-state index in [4.69, 9.17) is 16.3 Å². The summed E-state index contributed by atoms with van der Waals surface area (Å²) in [6.45, 7) is 1.88. The summed E-state index contributed by atoms with van der Waals surface area (Å²) in [7, 11) is 0. The number of ketones is 1. The number of hydrogen-bond acceptors (Lipinski definition) is 7. The molecule has 2 aromatic rings. The van der Waals surface area contributed by atoms with Crippen LogP contribution >= 0.6 is 11.6 Å². The van der Waals surface area contributed by atoms with Crippen LogP contribution in [0.4, 0.5) is 5.69 Å². The van der Waals surface area contributed by atoms with Gasteiger partial charge in [-0.1, -0.05) is 11.6 Å². The first-order chi connectivity index (χ1) is 13.8. The molecule has 1 atom stereocenters. The third-order valence-electron chi connectivity index (χ3n) is 4.84. The average Bonchev–Trinajstić information content (AvgIpc) is 3.19. The van der Waals surface area contributed by atoms with E-state index in [1.165, 1.54) is 19.1 Å². The zero-order valence-electron chi connectivity index (χ0n) is 15.3. The van der Waals surface area contributed by atoms with E-state index in [0.29, 0.717) is 13.0 Å². The van der Waals surface area contributed by atoms with E-state index in [-0.39, 0.29) is 39.9 Å². The number of carbonyl (C=O) groups excluding carboxylic acids is 1. The molecule has 0 radical (unpaired) electrons. The Hall–Kier alpha value is -3.22. The van der Waals surface area contributed by atoms with Crippen molar-refractivity contribution in [3.05, 3.63) is 65.9 Å². The highest BCUT2D eigenvalue weighted by molar-refractivity contribution is 6.32. The van der Waals surface area contributed by atoms with Gasteiger partial charge in [0, 0.05) is 18.2 Å². The first-order valence-corrected chi connectivity index (χ1v) is 9.10. The molecule has 150 valence electrons. The third kappa shape index (κ3) is 3.72. The van der Waals surface area contributed by atoms with E-state index < -0.39 is 27.8 Å². The second kappa shape index (κ2) is 8.03. The molecule has 1 saturated heterocycles. The van der Waals surface area contributed by atoms with Crippen LogP contribution in [0, 0.1) is 28.4 Å². The highest BCUT2D eigenvalue weighted by Gasteiger charge is 2.28. The molecule has 10 heteroatoms. The number of ether oxygens (including phenoxy) is 1. The quantitative estimate of drug-likeness (QED) is 0.448. The number of carbonyl (C=O) groups is 1. The van der Waals surface area contributed by atoms with E-state index in [9.17, 15) is 30.1 Å². The Kier molecular flexibility index (Phi) is 5.68. The summed E-state index contributed by atoms with van der Waals surface area (Å²) in [6, 6.07) is 5.24. The van der Waals surface area contributed by atoms with Crippen molar-refractivity contribution in [2.24, 2.45) is 0 Å². The number of nitro groups is 1. The van der Waals surface area contributed by atoms with Crippen molar-refractivity contribution in [2.75, 3.05) is 6.61 Å². The lowest BCUT2D eigenvalue weighted by Crippen LogP contribution is -2.30. The fourth-order valence-electron chi connectivity index (χ4n) is 3.32. The molecule has 2 heterocycles. The van der Waals surface area contributed by atoms with Crippen molar-refractivity contribution in [3.63, 3.8) is 0 Å². The van der Waals surface area contributed by atoms with Gasteiger partial charge in [-0.15, -0.1) is 0 Å². The summed E-state index contributed by atoms with van der Waals surface area (Å²) in [5.41, 5.74) is -1.85. The second-order valence-corrected chi connectivity index (χ2v) is 7.02. The summed E-state index contributed by atoms with van der Waals surface area (Å²) in [5.74, 6) is -1.37. The number of aromatic nitrogens is 1. The summed E-state index contributed by atoms with van der Waals surface area (Å²) in [4.78, 5) is 36.1. The Bertz CT molecular complexity index is 1110. The topological polar surface area (TPSA) is 135 Å². The fourth-order valence-corrected chi connectivity index (χ4v) is 3.51. The highest BCUT2D eigenvalue weighted by Crippen LogP contribution is 2.30. The maximum Gasteiger partial charge on any atom is 0.288 e. The maximum atomic E-state index is 13.1. The molecule has 0 spiro atoms. The van der Waals surface area contributed by atoms with Crippen LogP contribution in [0.5, 0.6) is 5.88 Å². The fraction of sp³-hybridized carbons (Fsp3) is 0.316. The Balaban J connectivity index is 2.17. The molecule has 1 aromatic heterocycles. The summed E-state index contributed by atoms with van der Waals surface area (Å²) in [6.07, 6.45) is 1.15. The standard InChI is InChI=1S/C19H16ClN3O6/c1-10-13(8-21)18(25)22(9-12-3-2-6-29-12)19(26)16(10)17(24)11-4-5-14(20)15(7-11)23(27)28/h4-5,7,12,26H,2-3,6,9H2,1H3. The molecule has 29 heavy (non-hydrogen) atoms. The minimum Gasteiger partial charge on any atom is -0.494 e. The van der Waals surface area contributed by atoms with Gasteiger partial charge in [0.2, 0.25) is 5.88 Å². The van der Waals surface area contributed by atoms with Gasteiger partial charge in [0.15, 0.2) is 5.78 Å². The number of rotatable bonds is 5. The van der Waals surface area contributed by atoms with E-state index in [1.807, 2.05) is 0 Å². The van der Waals surface area contributed by atoms with Gasteiger partial charge in [0.1, 0.15) is 16.7 Å². The van der Waals surface area contributed by atoms with Crippen molar-refractivity contribution < 1.29 is 19.6 Å². The van der Waals surface area contributed by atoms with Gasteiger partial charge in [0.25, 0.3) is 11.2 Å². The molecular formula is C19H16ClN3O6. The van der Waals surface area contributed by atoms with Crippen molar-refractivity contribution in [3.8, 4) is 11.9 Å². The number of nitro benzene ring substituents is 1. The Labute approximate surface area is 169 Å². The first-order valence-electron chi connectivity index (χ1n) is 8.73. The molecule has 0 amide bonds. The van der Waals surface area contributed by atoms with Crippen LogP contribution in [0.15, 0.2) is 23.0 Å². The Morgan fingerprint density at radius 3 is 2.83 bits per heavy atom. The normalized spacial score (nSPS) is 15.8. The van der Waals surface area contributed by atoms with Crippen LogP contribution in [-0.2, 0) is 11.3 Å². The lowest BCUT2D eigenvalue weighted by Gasteiger charge is -2.18. The smallest absolute Gasteiger partial charge is 0.288 e. The van der Waals surface area contributed by atoms with Crippen LogP contribution in [0.2, 0.25) is 5.02 Å². The molecule has 0 aliphatic carbocycles. The van der Waals surface area contributed by atoms with Gasteiger partial charge < -0.3 is 9.84 Å². The van der Waals surface area contributed by atoms with Crippen LogP contribution in [0.1, 0.15) is 39.9 Å². The lowest BCUT2D eigenvalue weighted by atomic mass is 9.97. The lowest BCUT2D eigenvalue weighted by molar-refractivity contribution is -0.384. The molecule has 1 unspecified atom stereocenters. The number of nitrogens with zero attached hydrogens (tertiary/aromatic N) is 3. The third-order valence-corrected chi connectivity index (χ3v) is 5.16. The molecule has 1 aliphatic rings. The first kappa shape index (κ1) is 20.5. The SMILES string of the molecule is Cc1c(C(=O)c2ccc(Cl)c([N+](=O)[O-])c2)c(O)n(CC2CCCO2)c(=O)c1C#N. The summed E-state index contributed by atoms with van der Waals surface area (Å²) >= 11 is 5.79. The summed E-state index contributed by atoms with van der Waals surface area (Å²) in [5, 5.41) is 31.1. The number of aromatic hydroxyl groups is 1. The maximum absolute atomic E-state index is 13.1. The van der Waals surface area contributed by atoms with Gasteiger partial charge in [-0.3, -0.25) is 24.3 Å². The van der Waals surface area contributed by atoms with E-state index in [0.717, 1.165) is 17.1 Å². The van der Waals surface area contributed by atoms with Crippen molar-refractivity contribution >= 4 is 23.1 Å². The van der Waals surface area contributed by atoms with E-state index in [2.05, 4.69) is 0 Å². The molecule has 1 aromatic carbocycles. The Morgan fingerprint density at radius 1 is 1.52 bits per heavy atom. The average molecular weight is 418 g/mol. The Morgan fingerprint density at radius 2 is 2.24 bits per heavy atom. The number of pyridine rings is 1. The number of benzene rings is 1. The molecule has 3 rings (SSSR count). The minimum atomic E-state index is -0.766. The highest BCUT2D eigenvalue weighted by atomic mass is 35.5. The van der Waals surface area contributed by atoms with Crippen LogP contribution in [-0.4, -0.2) is 33.1 Å². The van der Waals surface area contributed by atoms with Crippen LogP contribution in [0.25, 0.3) is 0 Å². The molecular weight excluding hydrogens is 402 g/mol. The molecule has 1 aliphatic heterocycles. The van der Waals surface area contributed by atoms with Crippen LogP contribution in [0.3, 0.4) is 0 Å². The molecule has 1 fully saturated rings. The van der Waals surface area contributed by atoms with E-state index in [1.54, 1.807) is 6.07 Å². The van der Waals surface area contributed by atoms with Crippen LogP contribution < -0.4 is 5.56 Å². The monoisotopic (exact) mass is 417 g/mol. The molecule has 0 saturated carbocycles. The van der Waals surface area contributed by atoms with Gasteiger partial charge in [-0.05, 0) is 37.5 Å². The zero-order chi connectivity index (χ0) is 21.3. The minimum absolute atomic E-state index is 0.00110. The number of halogens is 1. The molecule has 0 bridgehead atoms. The molecule has 9 nitrogen and oxygen atoms in total. The van der Waals surface area contributed by atoms with Gasteiger partial charge in [-0.2, -0.15) is 5.26 Å². The van der Waals surface area contributed by atoms with Crippen molar-refractivity contribution in [2.45, 2.75) is 32.4 Å². The van der Waals surface area contributed by atoms with Gasteiger partial charge >= 0.3 is 0 Å². The summed E-state index contributed by atoms with van der Waals surface area (Å²) < 4.78 is 6.43. The predicted molar refractivity (Wildman–Crippen MR) is 102 cm³/mol. The van der Waals surface area contributed by atoms with Crippen molar-refractivity contribution in [1.82, 2.24) is 4.57 Å². The molecule has 1 N–H and O–H groups in total. The van der Waals surface area contributed by atoms with E-state index >= 15 is 0 Å². The van der Waals surface area contributed by atoms with Gasteiger partial charge in [-0.25, -0.2) is 0 Å². The zero-order valence-corrected chi connectivity index (χ0v) is 16.1. The largest absolute Gasteiger partial charge is 0.494 e. The number of nitriles is 1. The van der Waals surface area contributed by atoms with Crippen molar-refractivity contribution in [1.29, 1.82) is 5.26 Å². The van der Waals surface area contributed by atoms with Gasteiger partial charge in [0.05, 0.1) is 23.1 Å².